The van der Waals surface area contributed by atoms with E-state index in [2.05, 4.69) is 46.7 Å². The van der Waals surface area contributed by atoms with Gasteiger partial charge in [-0.25, -0.2) is 0 Å². The van der Waals surface area contributed by atoms with Crippen LogP contribution in [0.25, 0.3) is 0 Å². The Morgan fingerprint density at radius 1 is 1.36 bits per heavy atom. The number of nitrogens with zero attached hydrogens (tertiary/aromatic N) is 2. The first-order chi connectivity index (χ1) is 10.7. The molecule has 5 heteroatoms. The van der Waals surface area contributed by atoms with Crippen molar-refractivity contribution < 1.29 is 4.79 Å². The van der Waals surface area contributed by atoms with Gasteiger partial charge in [0.1, 0.15) is 5.69 Å². The van der Waals surface area contributed by atoms with Crippen LogP contribution in [0.1, 0.15) is 40.3 Å². The molecule has 1 aliphatic rings. The van der Waals surface area contributed by atoms with Crippen molar-refractivity contribution in [1.82, 2.24) is 20.4 Å². The Morgan fingerprint density at radius 2 is 2.14 bits per heavy atom. The van der Waals surface area contributed by atoms with E-state index in [9.17, 15) is 4.79 Å². The van der Waals surface area contributed by atoms with E-state index in [4.69, 9.17) is 0 Å². The largest absolute Gasteiger partial charge is 0.328 e. The number of aromatic nitrogens is 2. The minimum absolute atomic E-state index is 0.00424. The minimum atomic E-state index is -0.00424. The monoisotopic (exact) mass is 298 g/mol. The van der Waals surface area contributed by atoms with Crippen molar-refractivity contribution in [2.75, 3.05) is 19.6 Å². The van der Waals surface area contributed by atoms with Gasteiger partial charge in [-0.15, -0.1) is 0 Å². The Hall–Kier alpha value is -2.14. The lowest BCUT2D eigenvalue weighted by Crippen LogP contribution is -2.48. The van der Waals surface area contributed by atoms with Crippen molar-refractivity contribution in [3.05, 3.63) is 52.8 Å². The highest BCUT2D eigenvalue weighted by Crippen LogP contribution is 2.24. The first kappa shape index (κ1) is 14.8. The Labute approximate surface area is 130 Å². The van der Waals surface area contributed by atoms with Gasteiger partial charge in [-0.05, 0) is 30.5 Å². The quantitative estimate of drug-likeness (QED) is 0.912. The average Bonchev–Trinajstić information content (AvgIpc) is 3.01. The second-order valence-corrected chi connectivity index (χ2v) is 5.75. The zero-order chi connectivity index (χ0) is 15.5. The van der Waals surface area contributed by atoms with Crippen LogP contribution in [0.4, 0.5) is 0 Å². The second kappa shape index (κ2) is 6.32. The van der Waals surface area contributed by atoms with Gasteiger partial charge in [-0.1, -0.05) is 31.2 Å². The van der Waals surface area contributed by atoms with E-state index in [1.165, 1.54) is 11.1 Å². The third-order valence-electron chi connectivity index (χ3n) is 4.20. The molecule has 1 aromatic heterocycles. The van der Waals surface area contributed by atoms with Gasteiger partial charge in [0, 0.05) is 25.3 Å². The number of hydrogen-bond donors (Lipinski definition) is 2. The highest BCUT2D eigenvalue weighted by Gasteiger charge is 2.29. The normalized spacial score (nSPS) is 18.5. The van der Waals surface area contributed by atoms with E-state index in [1.54, 1.807) is 0 Å². The molecular weight excluding hydrogens is 276 g/mol. The van der Waals surface area contributed by atoms with Crippen LogP contribution in [-0.2, 0) is 6.42 Å². The Balaban J connectivity index is 1.85. The number of hydrogen-bond acceptors (Lipinski definition) is 3. The highest BCUT2D eigenvalue weighted by molar-refractivity contribution is 5.92. The number of aryl methyl sites for hydroxylation is 2. The molecule has 116 valence electrons. The van der Waals surface area contributed by atoms with Crippen molar-refractivity contribution in [2.24, 2.45) is 0 Å². The Kier molecular flexibility index (Phi) is 4.24. The van der Waals surface area contributed by atoms with Crippen LogP contribution in [0, 0.1) is 6.92 Å². The standard InChI is InChI=1S/C17H22N4O/c1-3-13-4-6-14(7-5-13)16-11-18-8-9-21(16)17(22)15-10-12(2)19-20-15/h4-7,10,16,18H,3,8-9,11H2,1-2H3,(H,19,20). The van der Waals surface area contributed by atoms with Crippen LogP contribution in [0.15, 0.2) is 30.3 Å². The molecule has 1 aliphatic heterocycles. The molecule has 1 unspecified atom stereocenters. The number of amides is 1. The third kappa shape index (κ3) is 2.90. The van der Waals surface area contributed by atoms with E-state index >= 15 is 0 Å². The maximum absolute atomic E-state index is 12.7. The molecule has 5 nitrogen and oxygen atoms in total. The predicted octanol–water partition coefficient (Wildman–Crippen LogP) is 2.07. The van der Waals surface area contributed by atoms with Crippen molar-refractivity contribution in [2.45, 2.75) is 26.3 Å². The number of nitrogens with one attached hydrogen (secondary N) is 2. The van der Waals surface area contributed by atoms with Crippen molar-refractivity contribution in [1.29, 1.82) is 0 Å². The molecule has 1 aromatic carbocycles. The molecule has 0 spiro atoms. The fourth-order valence-electron chi connectivity index (χ4n) is 2.90. The van der Waals surface area contributed by atoms with Gasteiger partial charge in [0.25, 0.3) is 5.91 Å². The predicted molar refractivity (Wildman–Crippen MR) is 85.8 cm³/mol. The van der Waals surface area contributed by atoms with Gasteiger partial charge in [0.2, 0.25) is 0 Å². The van der Waals surface area contributed by atoms with Gasteiger partial charge < -0.3 is 10.2 Å². The summed E-state index contributed by atoms with van der Waals surface area (Å²) in [6.45, 7) is 6.35. The van der Waals surface area contributed by atoms with Gasteiger partial charge >= 0.3 is 0 Å². The number of benzene rings is 1. The summed E-state index contributed by atoms with van der Waals surface area (Å²) in [6, 6.07) is 10.4. The Bertz CT molecular complexity index is 647. The molecule has 22 heavy (non-hydrogen) atoms. The van der Waals surface area contributed by atoms with Crippen molar-refractivity contribution in [3.63, 3.8) is 0 Å². The zero-order valence-electron chi connectivity index (χ0n) is 13.1. The molecule has 1 fully saturated rings. The van der Waals surface area contributed by atoms with E-state index in [0.29, 0.717) is 12.2 Å². The fraction of sp³-hybridized carbons (Fsp3) is 0.412. The van der Waals surface area contributed by atoms with Gasteiger partial charge in [-0.2, -0.15) is 5.10 Å². The molecule has 1 atom stereocenters. The van der Waals surface area contributed by atoms with E-state index < -0.39 is 0 Å². The van der Waals surface area contributed by atoms with E-state index in [1.807, 2.05) is 17.9 Å². The summed E-state index contributed by atoms with van der Waals surface area (Å²) in [4.78, 5) is 14.7. The van der Waals surface area contributed by atoms with Gasteiger partial charge in [0.15, 0.2) is 0 Å². The maximum Gasteiger partial charge on any atom is 0.274 e. The molecule has 1 amide bonds. The van der Waals surface area contributed by atoms with E-state index in [-0.39, 0.29) is 11.9 Å². The van der Waals surface area contributed by atoms with Crippen LogP contribution < -0.4 is 5.32 Å². The first-order valence-corrected chi connectivity index (χ1v) is 7.81. The van der Waals surface area contributed by atoms with E-state index in [0.717, 1.165) is 25.2 Å². The molecule has 2 aromatic rings. The number of carbonyl (C=O) groups excluding carboxylic acids is 1. The van der Waals surface area contributed by atoms with Crippen LogP contribution in [0.5, 0.6) is 0 Å². The maximum atomic E-state index is 12.7. The highest BCUT2D eigenvalue weighted by atomic mass is 16.2. The molecule has 0 aliphatic carbocycles. The number of carbonyl (C=O) groups is 1. The molecule has 3 rings (SSSR count). The van der Waals surface area contributed by atoms with Gasteiger partial charge in [0.05, 0.1) is 6.04 Å². The van der Waals surface area contributed by atoms with Crippen LogP contribution >= 0.6 is 0 Å². The van der Waals surface area contributed by atoms with Crippen molar-refractivity contribution in [3.8, 4) is 0 Å². The molecular formula is C17H22N4O. The summed E-state index contributed by atoms with van der Waals surface area (Å²) in [7, 11) is 0. The van der Waals surface area contributed by atoms with Crippen LogP contribution in [0.2, 0.25) is 0 Å². The second-order valence-electron chi connectivity index (χ2n) is 5.75. The van der Waals surface area contributed by atoms with Crippen LogP contribution in [0.3, 0.4) is 0 Å². The summed E-state index contributed by atoms with van der Waals surface area (Å²) in [5.41, 5.74) is 3.88. The lowest BCUT2D eigenvalue weighted by molar-refractivity contribution is 0.0628. The molecule has 1 saturated heterocycles. The summed E-state index contributed by atoms with van der Waals surface area (Å²) in [6.07, 6.45) is 1.03. The zero-order valence-corrected chi connectivity index (χ0v) is 13.1. The summed E-state index contributed by atoms with van der Waals surface area (Å²) < 4.78 is 0. The average molecular weight is 298 g/mol. The number of H-pyrrole nitrogens is 1. The molecule has 2 N–H and O–H groups in total. The molecule has 0 radical (unpaired) electrons. The van der Waals surface area contributed by atoms with Crippen molar-refractivity contribution >= 4 is 5.91 Å². The molecule has 2 heterocycles. The number of rotatable bonds is 3. The first-order valence-electron chi connectivity index (χ1n) is 7.81. The topological polar surface area (TPSA) is 61.0 Å². The van der Waals surface area contributed by atoms with Gasteiger partial charge in [-0.3, -0.25) is 9.89 Å². The number of piperazine rings is 1. The van der Waals surface area contributed by atoms with Crippen LogP contribution in [-0.4, -0.2) is 40.6 Å². The molecule has 0 bridgehead atoms. The minimum Gasteiger partial charge on any atom is -0.328 e. The Morgan fingerprint density at radius 3 is 2.77 bits per heavy atom. The summed E-state index contributed by atoms with van der Waals surface area (Å²) in [5, 5.41) is 10.3. The molecule has 0 saturated carbocycles. The lowest BCUT2D eigenvalue weighted by atomic mass is 10.0. The number of aromatic amines is 1. The summed E-state index contributed by atoms with van der Waals surface area (Å²) in [5.74, 6) is -0.00424. The third-order valence-corrected chi connectivity index (χ3v) is 4.20. The SMILES string of the molecule is CCc1ccc(C2CNCCN2C(=O)c2cc(C)[nH]n2)cc1. The summed E-state index contributed by atoms with van der Waals surface area (Å²) >= 11 is 0. The smallest absolute Gasteiger partial charge is 0.274 e. The fourth-order valence-corrected chi connectivity index (χ4v) is 2.90. The lowest BCUT2D eigenvalue weighted by Gasteiger charge is -2.36.